The quantitative estimate of drug-likeness (QED) is 0.204. The highest BCUT2D eigenvalue weighted by molar-refractivity contribution is 6.08. The maximum Gasteiger partial charge on any atom is 0.416 e. The van der Waals surface area contributed by atoms with Crippen LogP contribution in [-0.2, 0) is 6.18 Å². The van der Waals surface area contributed by atoms with Gasteiger partial charge in [-0.05, 0) is 59.2 Å². The fraction of sp³-hybridized carbons (Fsp3) is 0.0385. The van der Waals surface area contributed by atoms with Crippen molar-refractivity contribution in [1.82, 2.24) is 15.2 Å². The minimum atomic E-state index is -4.67. The smallest absolute Gasteiger partial charge is 0.382 e. The van der Waals surface area contributed by atoms with E-state index in [1.807, 2.05) is 24.3 Å². The molecule has 0 bridgehead atoms. The van der Waals surface area contributed by atoms with Crippen LogP contribution < -0.4 is 16.4 Å². The van der Waals surface area contributed by atoms with Crippen molar-refractivity contribution in [3.8, 4) is 22.3 Å². The number of pyridine rings is 1. The Labute approximate surface area is 207 Å². The van der Waals surface area contributed by atoms with E-state index in [0.29, 0.717) is 29.7 Å². The molecule has 3 aromatic carbocycles. The molecule has 0 aliphatic carbocycles. The molecule has 5 aromatic rings. The number of amides is 2. The van der Waals surface area contributed by atoms with Crippen molar-refractivity contribution >= 4 is 34.1 Å². The zero-order chi connectivity index (χ0) is 26.2. The van der Waals surface area contributed by atoms with E-state index < -0.39 is 29.3 Å². The number of hydrogen-bond acceptors (Lipinski definition) is 4. The minimum absolute atomic E-state index is 0.325. The summed E-state index contributed by atoms with van der Waals surface area (Å²) in [6.45, 7) is 0. The first kappa shape index (κ1) is 23.8. The topological polar surface area (TPSA) is 109 Å². The highest BCUT2D eigenvalue weighted by Gasteiger charge is 2.31. The predicted molar refractivity (Wildman–Crippen MR) is 133 cm³/mol. The molecule has 2 amide bonds. The molecule has 2 aromatic heterocycles. The number of halogens is 4. The van der Waals surface area contributed by atoms with E-state index in [9.17, 15) is 22.4 Å². The second-order valence-electron chi connectivity index (χ2n) is 8.10. The normalized spacial score (nSPS) is 11.5. The highest BCUT2D eigenvalue weighted by atomic mass is 19.4. The van der Waals surface area contributed by atoms with Crippen LogP contribution in [0.4, 0.5) is 39.5 Å². The van der Waals surface area contributed by atoms with Crippen molar-refractivity contribution in [2.45, 2.75) is 6.18 Å². The molecule has 0 saturated carbocycles. The summed E-state index contributed by atoms with van der Waals surface area (Å²) in [6.07, 6.45) is -1.28. The Morgan fingerprint density at radius 2 is 1.54 bits per heavy atom. The van der Waals surface area contributed by atoms with Crippen LogP contribution in [0.3, 0.4) is 0 Å². The third-order valence-electron chi connectivity index (χ3n) is 5.74. The van der Waals surface area contributed by atoms with Crippen molar-refractivity contribution in [1.29, 1.82) is 0 Å². The van der Waals surface area contributed by atoms with Gasteiger partial charge in [-0.3, -0.25) is 10.1 Å². The van der Waals surface area contributed by atoms with Crippen LogP contribution in [0, 0.1) is 5.82 Å². The number of anilines is 3. The molecular formula is C26H18F4N6O. The lowest BCUT2D eigenvalue weighted by molar-refractivity contribution is -0.137. The number of urea groups is 1. The average molecular weight is 506 g/mol. The average Bonchev–Trinajstić information content (AvgIpc) is 3.27. The summed E-state index contributed by atoms with van der Waals surface area (Å²) in [5.74, 6) is -0.666. The minimum Gasteiger partial charge on any atom is -0.382 e. The molecule has 0 radical (unpaired) electrons. The molecule has 0 aliphatic heterocycles. The van der Waals surface area contributed by atoms with Gasteiger partial charge in [0.05, 0.1) is 22.2 Å². The van der Waals surface area contributed by atoms with Crippen LogP contribution in [0.25, 0.3) is 33.2 Å². The second kappa shape index (κ2) is 9.26. The van der Waals surface area contributed by atoms with E-state index in [4.69, 9.17) is 5.73 Å². The van der Waals surface area contributed by atoms with Crippen LogP contribution >= 0.6 is 0 Å². The summed E-state index contributed by atoms with van der Waals surface area (Å²) >= 11 is 0. The lowest BCUT2D eigenvalue weighted by Gasteiger charge is -2.12. The molecule has 2 heterocycles. The van der Waals surface area contributed by atoms with Gasteiger partial charge in [0, 0.05) is 23.6 Å². The second-order valence-corrected chi connectivity index (χ2v) is 8.10. The third kappa shape index (κ3) is 4.79. The van der Waals surface area contributed by atoms with Gasteiger partial charge in [0.1, 0.15) is 5.82 Å². The van der Waals surface area contributed by atoms with Gasteiger partial charge >= 0.3 is 12.2 Å². The first-order valence-corrected chi connectivity index (χ1v) is 10.9. The SMILES string of the molecule is Nc1n[nH]c2c(-c3ccncc3)ccc(-c3ccc(NC(=O)Nc4cc(C(F)(F)F)ccc4F)cc3)c12. The summed E-state index contributed by atoms with van der Waals surface area (Å²) < 4.78 is 52.7. The zero-order valence-electron chi connectivity index (χ0n) is 18.9. The van der Waals surface area contributed by atoms with Gasteiger partial charge < -0.3 is 16.4 Å². The van der Waals surface area contributed by atoms with Gasteiger partial charge in [0.2, 0.25) is 0 Å². The van der Waals surface area contributed by atoms with Gasteiger partial charge in [0.15, 0.2) is 5.82 Å². The molecule has 37 heavy (non-hydrogen) atoms. The van der Waals surface area contributed by atoms with Crippen LogP contribution in [-0.4, -0.2) is 21.2 Å². The van der Waals surface area contributed by atoms with E-state index in [-0.39, 0.29) is 0 Å². The molecule has 11 heteroatoms. The number of alkyl halides is 3. The molecule has 0 unspecified atom stereocenters. The number of hydrogen-bond donors (Lipinski definition) is 4. The number of H-pyrrole nitrogens is 1. The Morgan fingerprint density at radius 3 is 2.24 bits per heavy atom. The van der Waals surface area contributed by atoms with Gasteiger partial charge in [0.25, 0.3) is 0 Å². The number of carbonyl (C=O) groups is 1. The molecule has 5 rings (SSSR count). The molecule has 0 spiro atoms. The number of aromatic nitrogens is 3. The first-order valence-electron chi connectivity index (χ1n) is 10.9. The van der Waals surface area contributed by atoms with Crippen molar-refractivity contribution in [3.05, 3.63) is 90.5 Å². The fourth-order valence-electron chi connectivity index (χ4n) is 3.98. The van der Waals surface area contributed by atoms with E-state index in [0.717, 1.165) is 33.2 Å². The molecule has 0 fully saturated rings. The number of nitrogens with two attached hydrogens (primary N) is 1. The number of rotatable bonds is 4. The Morgan fingerprint density at radius 1 is 0.865 bits per heavy atom. The van der Waals surface area contributed by atoms with Crippen LogP contribution in [0.1, 0.15) is 5.56 Å². The molecule has 7 nitrogen and oxygen atoms in total. The Kier molecular flexibility index (Phi) is 5.96. The Bertz CT molecular complexity index is 1600. The van der Waals surface area contributed by atoms with E-state index in [2.05, 4.69) is 25.8 Å². The number of benzene rings is 3. The molecular weight excluding hydrogens is 488 g/mol. The number of nitrogens with one attached hydrogen (secondary N) is 3. The largest absolute Gasteiger partial charge is 0.416 e. The van der Waals surface area contributed by atoms with Crippen molar-refractivity contribution in [2.24, 2.45) is 0 Å². The molecule has 0 atom stereocenters. The highest BCUT2D eigenvalue weighted by Crippen LogP contribution is 2.37. The maximum absolute atomic E-state index is 13.9. The van der Waals surface area contributed by atoms with Crippen LogP contribution in [0.5, 0.6) is 0 Å². The number of nitrogen functional groups attached to an aromatic ring is 1. The van der Waals surface area contributed by atoms with E-state index in [1.54, 1.807) is 36.7 Å². The van der Waals surface area contributed by atoms with Crippen molar-refractivity contribution < 1.29 is 22.4 Å². The van der Waals surface area contributed by atoms with Gasteiger partial charge in [-0.25, -0.2) is 9.18 Å². The lowest BCUT2D eigenvalue weighted by Crippen LogP contribution is -2.20. The zero-order valence-corrected chi connectivity index (χ0v) is 18.9. The molecule has 0 saturated heterocycles. The van der Waals surface area contributed by atoms with Crippen molar-refractivity contribution in [3.63, 3.8) is 0 Å². The van der Waals surface area contributed by atoms with E-state index in [1.165, 1.54) is 0 Å². The summed E-state index contributed by atoms with van der Waals surface area (Å²) in [4.78, 5) is 16.3. The Hall–Kier alpha value is -4.93. The van der Waals surface area contributed by atoms with Gasteiger partial charge in [-0.15, -0.1) is 0 Å². The van der Waals surface area contributed by atoms with Crippen LogP contribution in [0.2, 0.25) is 0 Å². The number of aromatic amines is 1. The van der Waals surface area contributed by atoms with E-state index >= 15 is 0 Å². The number of carbonyl (C=O) groups excluding carboxylic acids is 1. The fourth-order valence-corrected chi connectivity index (χ4v) is 3.98. The summed E-state index contributed by atoms with van der Waals surface area (Å²) in [5, 5.41) is 12.5. The Balaban J connectivity index is 1.37. The summed E-state index contributed by atoms with van der Waals surface area (Å²) in [5.41, 5.74) is 9.04. The van der Waals surface area contributed by atoms with Gasteiger partial charge in [-0.1, -0.05) is 24.3 Å². The molecule has 186 valence electrons. The molecule has 5 N–H and O–H groups in total. The number of nitrogens with zero attached hydrogens (tertiary/aromatic N) is 2. The first-order chi connectivity index (χ1) is 17.7. The van der Waals surface area contributed by atoms with Crippen molar-refractivity contribution in [2.75, 3.05) is 16.4 Å². The van der Waals surface area contributed by atoms with Gasteiger partial charge in [-0.2, -0.15) is 18.3 Å². The summed E-state index contributed by atoms with van der Waals surface area (Å²) in [6, 6.07) is 15.2. The molecule has 0 aliphatic rings. The third-order valence-corrected chi connectivity index (χ3v) is 5.74. The standard InChI is InChI=1S/C26H18F4N6O/c27-20-8-3-16(26(28,29)30)13-21(20)34-25(37)33-17-4-1-14(2-5-17)18-6-7-19(15-9-11-32-12-10-15)23-22(18)24(31)36-35-23/h1-13H,(H3,31,35,36)(H2,33,34,37). The maximum atomic E-state index is 13.9. The monoisotopic (exact) mass is 506 g/mol. The lowest BCUT2D eigenvalue weighted by atomic mass is 9.96. The predicted octanol–water partition coefficient (Wildman–Crippen LogP) is 6.68. The number of fused-ring (bicyclic) bond motifs is 1. The summed E-state index contributed by atoms with van der Waals surface area (Å²) in [7, 11) is 0. The van der Waals surface area contributed by atoms with Crippen LogP contribution in [0.15, 0.2) is 79.1 Å².